The van der Waals surface area contributed by atoms with Gasteiger partial charge < -0.3 is 9.84 Å². The molecular formula is C14H30O2. The third kappa shape index (κ3) is 4.06. The van der Waals surface area contributed by atoms with Crippen molar-refractivity contribution in [1.82, 2.24) is 0 Å². The van der Waals surface area contributed by atoms with Gasteiger partial charge in [0.2, 0.25) is 0 Å². The molecule has 98 valence electrons. The van der Waals surface area contributed by atoms with Gasteiger partial charge in [-0.2, -0.15) is 0 Å². The van der Waals surface area contributed by atoms with Gasteiger partial charge in [-0.15, -0.1) is 0 Å². The van der Waals surface area contributed by atoms with E-state index in [4.69, 9.17) is 4.74 Å². The van der Waals surface area contributed by atoms with Crippen LogP contribution in [0.2, 0.25) is 0 Å². The SMILES string of the molecule is CCC(C)C(O)(CC)OC(C)C(C)C(C)C. The van der Waals surface area contributed by atoms with Crippen molar-refractivity contribution in [2.24, 2.45) is 17.8 Å². The molecule has 0 aromatic heterocycles. The van der Waals surface area contributed by atoms with Gasteiger partial charge in [-0.3, -0.25) is 0 Å². The highest BCUT2D eigenvalue weighted by molar-refractivity contribution is 4.76. The minimum absolute atomic E-state index is 0.0962. The van der Waals surface area contributed by atoms with E-state index in [2.05, 4.69) is 41.5 Å². The Hall–Kier alpha value is -0.0800. The zero-order valence-corrected chi connectivity index (χ0v) is 12.1. The molecule has 2 heteroatoms. The number of hydrogen-bond donors (Lipinski definition) is 1. The minimum Gasteiger partial charge on any atom is -0.365 e. The lowest BCUT2D eigenvalue weighted by molar-refractivity contribution is -0.265. The maximum absolute atomic E-state index is 10.5. The Morgan fingerprint density at radius 3 is 1.88 bits per heavy atom. The van der Waals surface area contributed by atoms with Crippen molar-refractivity contribution in [2.45, 2.75) is 73.2 Å². The van der Waals surface area contributed by atoms with Gasteiger partial charge in [-0.05, 0) is 31.6 Å². The molecule has 0 bridgehead atoms. The predicted octanol–water partition coefficient (Wildman–Crippen LogP) is 3.83. The fourth-order valence-electron chi connectivity index (χ4n) is 1.84. The van der Waals surface area contributed by atoms with Crippen molar-refractivity contribution in [2.75, 3.05) is 0 Å². The second kappa shape index (κ2) is 6.61. The Balaban J connectivity index is 4.53. The maximum Gasteiger partial charge on any atom is 0.168 e. The Labute approximate surface area is 101 Å². The van der Waals surface area contributed by atoms with Gasteiger partial charge in [0.1, 0.15) is 0 Å². The molecule has 0 aromatic carbocycles. The van der Waals surface area contributed by atoms with Crippen LogP contribution in [-0.2, 0) is 4.74 Å². The highest BCUT2D eigenvalue weighted by Gasteiger charge is 2.35. The fraction of sp³-hybridized carbons (Fsp3) is 1.00. The molecule has 0 rings (SSSR count). The average molecular weight is 230 g/mol. The van der Waals surface area contributed by atoms with Crippen molar-refractivity contribution in [3.63, 3.8) is 0 Å². The standard InChI is InChI=1S/C14H30O2/c1-8-11(5)14(15,9-2)16-13(7)12(6)10(3)4/h10-13,15H,8-9H2,1-7H3. The van der Waals surface area contributed by atoms with Crippen LogP contribution in [0.3, 0.4) is 0 Å². The molecule has 0 saturated heterocycles. The summed E-state index contributed by atoms with van der Waals surface area (Å²) in [6.45, 7) is 14.8. The van der Waals surface area contributed by atoms with E-state index < -0.39 is 5.79 Å². The fourth-order valence-corrected chi connectivity index (χ4v) is 1.84. The first-order chi connectivity index (χ1) is 7.28. The van der Waals surface area contributed by atoms with E-state index in [0.717, 1.165) is 6.42 Å². The van der Waals surface area contributed by atoms with E-state index in [-0.39, 0.29) is 12.0 Å². The van der Waals surface area contributed by atoms with Gasteiger partial charge in [-0.25, -0.2) is 0 Å². The van der Waals surface area contributed by atoms with Crippen LogP contribution in [0.4, 0.5) is 0 Å². The quantitative estimate of drug-likeness (QED) is 0.674. The van der Waals surface area contributed by atoms with E-state index in [9.17, 15) is 5.11 Å². The summed E-state index contributed by atoms with van der Waals surface area (Å²) in [4.78, 5) is 0. The normalized spacial score (nSPS) is 21.6. The van der Waals surface area contributed by atoms with Gasteiger partial charge in [0.25, 0.3) is 0 Å². The van der Waals surface area contributed by atoms with Crippen LogP contribution in [0.25, 0.3) is 0 Å². The second-order valence-corrected chi connectivity index (χ2v) is 5.43. The summed E-state index contributed by atoms with van der Waals surface area (Å²) in [7, 11) is 0. The van der Waals surface area contributed by atoms with Gasteiger partial charge in [0.05, 0.1) is 6.10 Å². The Morgan fingerprint density at radius 2 is 1.56 bits per heavy atom. The first kappa shape index (κ1) is 15.9. The lowest BCUT2D eigenvalue weighted by Crippen LogP contribution is -2.43. The van der Waals surface area contributed by atoms with E-state index in [0.29, 0.717) is 18.3 Å². The zero-order chi connectivity index (χ0) is 12.9. The molecule has 1 N–H and O–H groups in total. The monoisotopic (exact) mass is 230 g/mol. The van der Waals surface area contributed by atoms with E-state index in [1.807, 2.05) is 6.92 Å². The number of rotatable bonds is 7. The first-order valence-electron chi connectivity index (χ1n) is 6.68. The van der Waals surface area contributed by atoms with Crippen LogP contribution in [-0.4, -0.2) is 17.0 Å². The Bertz CT molecular complexity index is 191. The Kier molecular flexibility index (Phi) is 6.57. The molecule has 0 aromatic rings. The summed E-state index contributed by atoms with van der Waals surface area (Å²) in [5, 5.41) is 10.5. The third-order valence-electron chi connectivity index (χ3n) is 4.07. The second-order valence-electron chi connectivity index (χ2n) is 5.43. The molecule has 0 saturated carbocycles. The van der Waals surface area contributed by atoms with Gasteiger partial charge in [0, 0.05) is 5.92 Å². The van der Waals surface area contributed by atoms with Gasteiger partial charge in [-0.1, -0.05) is 41.5 Å². The lowest BCUT2D eigenvalue weighted by Gasteiger charge is -2.37. The van der Waals surface area contributed by atoms with Crippen molar-refractivity contribution < 1.29 is 9.84 Å². The molecule has 4 atom stereocenters. The van der Waals surface area contributed by atoms with Crippen LogP contribution in [0, 0.1) is 17.8 Å². The molecular weight excluding hydrogens is 200 g/mol. The topological polar surface area (TPSA) is 29.5 Å². The van der Waals surface area contributed by atoms with E-state index >= 15 is 0 Å². The molecule has 0 aliphatic rings. The highest BCUT2D eigenvalue weighted by atomic mass is 16.6. The molecule has 0 amide bonds. The maximum atomic E-state index is 10.5. The van der Waals surface area contributed by atoms with Crippen molar-refractivity contribution >= 4 is 0 Å². The highest BCUT2D eigenvalue weighted by Crippen LogP contribution is 2.30. The predicted molar refractivity (Wildman–Crippen MR) is 69.2 cm³/mol. The van der Waals surface area contributed by atoms with Crippen molar-refractivity contribution in [3.8, 4) is 0 Å². The molecule has 0 aliphatic carbocycles. The van der Waals surface area contributed by atoms with Crippen molar-refractivity contribution in [3.05, 3.63) is 0 Å². The molecule has 0 fully saturated rings. The molecule has 4 unspecified atom stereocenters. The van der Waals surface area contributed by atoms with Crippen LogP contribution in [0.5, 0.6) is 0 Å². The summed E-state index contributed by atoms with van der Waals surface area (Å²) in [6.07, 6.45) is 1.68. The molecule has 0 radical (unpaired) electrons. The summed E-state index contributed by atoms with van der Waals surface area (Å²) in [5.41, 5.74) is 0. The van der Waals surface area contributed by atoms with Crippen molar-refractivity contribution in [1.29, 1.82) is 0 Å². The van der Waals surface area contributed by atoms with Crippen LogP contribution >= 0.6 is 0 Å². The van der Waals surface area contributed by atoms with Crippen LogP contribution < -0.4 is 0 Å². The number of ether oxygens (including phenoxy) is 1. The summed E-state index contributed by atoms with van der Waals surface area (Å²) >= 11 is 0. The van der Waals surface area contributed by atoms with Gasteiger partial charge >= 0.3 is 0 Å². The van der Waals surface area contributed by atoms with Crippen LogP contribution in [0.15, 0.2) is 0 Å². The molecule has 2 nitrogen and oxygen atoms in total. The molecule has 16 heavy (non-hydrogen) atoms. The largest absolute Gasteiger partial charge is 0.365 e. The zero-order valence-electron chi connectivity index (χ0n) is 12.1. The summed E-state index contributed by atoms with van der Waals surface area (Å²) in [5.74, 6) is 0.256. The van der Waals surface area contributed by atoms with E-state index in [1.54, 1.807) is 0 Å². The molecule has 0 spiro atoms. The summed E-state index contributed by atoms with van der Waals surface area (Å²) in [6, 6.07) is 0. The summed E-state index contributed by atoms with van der Waals surface area (Å²) < 4.78 is 5.92. The van der Waals surface area contributed by atoms with Gasteiger partial charge in [0.15, 0.2) is 5.79 Å². The molecule has 0 aliphatic heterocycles. The minimum atomic E-state index is -0.961. The average Bonchev–Trinajstić information content (AvgIpc) is 2.26. The number of hydrogen-bond acceptors (Lipinski definition) is 2. The Morgan fingerprint density at radius 1 is 1.06 bits per heavy atom. The van der Waals surface area contributed by atoms with E-state index in [1.165, 1.54) is 0 Å². The smallest absolute Gasteiger partial charge is 0.168 e. The molecule has 0 heterocycles. The number of aliphatic hydroxyl groups is 1. The third-order valence-corrected chi connectivity index (χ3v) is 4.07. The van der Waals surface area contributed by atoms with Crippen LogP contribution in [0.1, 0.15) is 61.3 Å². The lowest BCUT2D eigenvalue weighted by atomic mass is 9.91. The first-order valence-corrected chi connectivity index (χ1v) is 6.68.